The summed E-state index contributed by atoms with van der Waals surface area (Å²) < 4.78 is 6.46. The second kappa shape index (κ2) is 7.96. The number of carbonyl (C=O) groups excluding carboxylic acids is 1. The summed E-state index contributed by atoms with van der Waals surface area (Å²) in [5, 5.41) is 20.7. The van der Waals surface area contributed by atoms with Crippen LogP contribution >= 0.6 is 0 Å². The monoisotopic (exact) mass is 420 g/mol. The molecule has 31 heavy (non-hydrogen) atoms. The first-order chi connectivity index (χ1) is 14.4. The summed E-state index contributed by atoms with van der Waals surface area (Å²) in [5.41, 5.74) is 3.16. The zero-order valence-electron chi connectivity index (χ0n) is 19.7. The van der Waals surface area contributed by atoms with E-state index in [-0.39, 0.29) is 34.8 Å². The van der Waals surface area contributed by atoms with Crippen LogP contribution in [-0.4, -0.2) is 28.3 Å². The predicted molar refractivity (Wildman–Crippen MR) is 120 cm³/mol. The van der Waals surface area contributed by atoms with Gasteiger partial charge in [0.2, 0.25) is 0 Å². The minimum absolute atomic E-state index is 0.0936. The van der Waals surface area contributed by atoms with Crippen molar-refractivity contribution in [3.63, 3.8) is 0 Å². The lowest BCUT2D eigenvalue weighted by Crippen LogP contribution is -2.74. The molecule has 1 aliphatic rings. The highest BCUT2D eigenvalue weighted by Gasteiger charge is 2.64. The number of amides is 1. The van der Waals surface area contributed by atoms with Crippen molar-refractivity contribution in [2.75, 3.05) is 0 Å². The molecule has 1 heterocycles. The minimum Gasteiger partial charge on any atom is -0.489 e. The average Bonchev–Trinajstić information content (AvgIpc) is 2.72. The number of nitrogens with one attached hydrogen (secondary N) is 1. The number of rotatable bonds is 5. The van der Waals surface area contributed by atoms with Crippen LogP contribution in [0.2, 0.25) is 0 Å². The van der Waals surface area contributed by atoms with Crippen LogP contribution in [0, 0.1) is 36.0 Å². The van der Waals surface area contributed by atoms with Crippen molar-refractivity contribution in [1.82, 2.24) is 15.5 Å². The molecule has 0 radical (unpaired) electrons. The lowest BCUT2D eigenvalue weighted by molar-refractivity contribution is -0.164. The number of hydrogen-bond acceptors (Lipinski definition) is 5. The van der Waals surface area contributed by atoms with Gasteiger partial charge in [0.15, 0.2) is 5.69 Å². The Kier molecular flexibility index (Phi) is 5.84. The van der Waals surface area contributed by atoms with E-state index in [1.54, 1.807) is 12.1 Å². The van der Waals surface area contributed by atoms with Gasteiger partial charge >= 0.3 is 0 Å². The molecule has 6 heteroatoms. The number of ether oxygens (including phenoxy) is 1. The maximum atomic E-state index is 12.9. The molecule has 1 N–H and O–H groups in total. The molecule has 0 bridgehead atoms. The summed E-state index contributed by atoms with van der Waals surface area (Å²) in [7, 11) is 0. The van der Waals surface area contributed by atoms with Crippen molar-refractivity contribution in [3.05, 3.63) is 52.3 Å². The van der Waals surface area contributed by atoms with Gasteiger partial charge in [-0.3, -0.25) is 4.79 Å². The van der Waals surface area contributed by atoms with Crippen LogP contribution in [0.4, 0.5) is 0 Å². The van der Waals surface area contributed by atoms with E-state index in [1.807, 2.05) is 39.8 Å². The quantitative estimate of drug-likeness (QED) is 0.757. The van der Waals surface area contributed by atoms with Gasteiger partial charge in [-0.05, 0) is 55.2 Å². The summed E-state index contributed by atoms with van der Waals surface area (Å²) in [6, 6.07) is 9.37. The number of aromatic nitrogens is 2. The van der Waals surface area contributed by atoms with Crippen LogP contribution < -0.4 is 10.1 Å². The third kappa shape index (κ3) is 3.89. The molecule has 1 fully saturated rings. The van der Waals surface area contributed by atoms with E-state index >= 15 is 0 Å². The van der Waals surface area contributed by atoms with Crippen molar-refractivity contribution >= 4 is 5.91 Å². The second-order valence-electron chi connectivity index (χ2n) is 10.0. The van der Waals surface area contributed by atoms with E-state index in [1.165, 1.54) is 0 Å². The number of nitrogens with zero attached hydrogens (tertiary/aromatic N) is 3. The molecule has 3 rings (SSSR count). The van der Waals surface area contributed by atoms with E-state index < -0.39 is 0 Å². The van der Waals surface area contributed by atoms with Crippen LogP contribution in [0.1, 0.15) is 80.3 Å². The smallest absolute Gasteiger partial charge is 0.272 e. The molecule has 0 atom stereocenters. The SMILES string of the molecule is Cc1c(C#N)ccc(OC2C(C)(C)C(NC(=O)c3ccc(C(C)C)nn3)C2(C)C)c1C. The molecule has 0 spiro atoms. The van der Waals surface area contributed by atoms with Crippen molar-refractivity contribution in [3.8, 4) is 11.8 Å². The molecule has 1 aromatic heterocycles. The fraction of sp³-hybridized carbons (Fsp3) is 0.520. The van der Waals surface area contributed by atoms with Crippen LogP contribution in [0.25, 0.3) is 0 Å². The van der Waals surface area contributed by atoms with Gasteiger partial charge in [0.05, 0.1) is 17.3 Å². The topological polar surface area (TPSA) is 87.9 Å². The Morgan fingerprint density at radius 1 is 1.06 bits per heavy atom. The average molecular weight is 421 g/mol. The standard InChI is InChI=1S/C25H32N4O2/c1-14(2)18-10-11-19(29-28-18)21(30)27-22-24(5,6)23(25(22,7)8)31-20-12-9-17(13-26)15(3)16(20)4/h9-12,14,22-23H,1-8H3,(H,27,30). The van der Waals surface area contributed by atoms with Gasteiger partial charge in [-0.15, -0.1) is 5.10 Å². The third-order valence-corrected chi connectivity index (χ3v) is 6.73. The molecule has 1 aromatic carbocycles. The summed E-state index contributed by atoms with van der Waals surface area (Å²) >= 11 is 0. The van der Waals surface area contributed by atoms with Gasteiger partial charge in [0, 0.05) is 16.9 Å². The van der Waals surface area contributed by atoms with Gasteiger partial charge < -0.3 is 10.1 Å². The highest BCUT2D eigenvalue weighted by molar-refractivity contribution is 5.92. The number of nitriles is 1. The van der Waals surface area contributed by atoms with Gasteiger partial charge in [-0.2, -0.15) is 10.4 Å². The van der Waals surface area contributed by atoms with Crippen LogP contribution in [0.15, 0.2) is 24.3 Å². The van der Waals surface area contributed by atoms with E-state index in [0.717, 1.165) is 22.6 Å². The van der Waals surface area contributed by atoms with Gasteiger partial charge in [-0.1, -0.05) is 41.5 Å². The highest BCUT2D eigenvalue weighted by Crippen LogP contribution is 2.55. The highest BCUT2D eigenvalue weighted by atomic mass is 16.5. The molecule has 0 unspecified atom stereocenters. The first-order valence-electron chi connectivity index (χ1n) is 10.7. The van der Waals surface area contributed by atoms with Crippen molar-refractivity contribution in [2.24, 2.45) is 10.8 Å². The fourth-order valence-electron chi connectivity index (χ4n) is 4.95. The molecule has 0 aliphatic heterocycles. The Labute approximate surface area is 185 Å². The van der Waals surface area contributed by atoms with Crippen molar-refractivity contribution in [2.45, 2.75) is 73.5 Å². The lowest BCUT2D eigenvalue weighted by Gasteiger charge is -2.63. The number of benzene rings is 1. The molecule has 1 amide bonds. The fourth-order valence-corrected chi connectivity index (χ4v) is 4.95. The lowest BCUT2D eigenvalue weighted by atomic mass is 9.49. The molecule has 6 nitrogen and oxygen atoms in total. The summed E-state index contributed by atoms with van der Waals surface area (Å²) in [5.74, 6) is 0.821. The van der Waals surface area contributed by atoms with Gasteiger partial charge in [0.1, 0.15) is 11.9 Å². The predicted octanol–water partition coefficient (Wildman–Crippen LogP) is 4.70. The van der Waals surface area contributed by atoms with E-state index in [9.17, 15) is 10.1 Å². The third-order valence-electron chi connectivity index (χ3n) is 6.73. The Bertz CT molecular complexity index is 1020. The molecular formula is C25H32N4O2. The Morgan fingerprint density at radius 3 is 2.23 bits per heavy atom. The van der Waals surface area contributed by atoms with Crippen molar-refractivity contribution in [1.29, 1.82) is 5.26 Å². The van der Waals surface area contributed by atoms with Gasteiger partial charge in [-0.25, -0.2) is 0 Å². The maximum absolute atomic E-state index is 12.9. The zero-order valence-corrected chi connectivity index (χ0v) is 19.7. The van der Waals surface area contributed by atoms with Crippen LogP contribution in [0.5, 0.6) is 5.75 Å². The minimum atomic E-state index is -0.293. The van der Waals surface area contributed by atoms with E-state index in [4.69, 9.17) is 4.74 Å². The van der Waals surface area contributed by atoms with Crippen LogP contribution in [-0.2, 0) is 0 Å². The Morgan fingerprint density at radius 2 is 1.71 bits per heavy atom. The maximum Gasteiger partial charge on any atom is 0.272 e. The van der Waals surface area contributed by atoms with Crippen molar-refractivity contribution < 1.29 is 9.53 Å². The normalized spacial score (nSPS) is 21.2. The van der Waals surface area contributed by atoms with E-state index in [0.29, 0.717) is 11.3 Å². The molecule has 164 valence electrons. The first-order valence-corrected chi connectivity index (χ1v) is 10.7. The summed E-state index contributed by atoms with van der Waals surface area (Å²) in [4.78, 5) is 12.9. The first kappa shape index (κ1) is 22.7. The molecule has 2 aromatic rings. The number of hydrogen-bond donors (Lipinski definition) is 1. The largest absolute Gasteiger partial charge is 0.489 e. The second-order valence-corrected chi connectivity index (χ2v) is 10.0. The van der Waals surface area contributed by atoms with E-state index in [2.05, 4.69) is 49.3 Å². The molecule has 1 saturated carbocycles. The summed E-state index contributed by atoms with van der Waals surface area (Å²) in [6.45, 7) is 16.4. The Hall–Kier alpha value is -2.94. The Balaban J connectivity index is 1.77. The number of carbonyl (C=O) groups is 1. The molecule has 0 saturated heterocycles. The summed E-state index contributed by atoms with van der Waals surface area (Å²) in [6.07, 6.45) is -0.106. The van der Waals surface area contributed by atoms with Crippen LogP contribution in [0.3, 0.4) is 0 Å². The van der Waals surface area contributed by atoms with Gasteiger partial charge in [0.25, 0.3) is 5.91 Å². The molecule has 1 aliphatic carbocycles. The molecular weight excluding hydrogens is 388 g/mol. The zero-order chi connectivity index (χ0) is 23.1.